The van der Waals surface area contributed by atoms with E-state index in [0.29, 0.717) is 30.1 Å². The molecule has 0 spiro atoms. The van der Waals surface area contributed by atoms with Crippen LogP contribution in [0.25, 0.3) is 10.2 Å². The summed E-state index contributed by atoms with van der Waals surface area (Å²) in [6.45, 7) is 3.73. The second-order valence-corrected chi connectivity index (χ2v) is 6.82. The summed E-state index contributed by atoms with van der Waals surface area (Å²) in [5, 5.41) is 10.7. The Bertz CT molecular complexity index is 1020. The maximum absolute atomic E-state index is 12.4. The first-order valence-electron chi connectivity index (χ1n) is 8.55. The highest BCUT2D eigenvalue weighted by Crippen LogP contribution is 2.17. The van der Waals surface area contributed by atoms with Crippen LogP contribution in [0.2, 0.25) is 0 Å². The number of para-hydroxylation sites is 1. The fourth-order valence-corrected chi connectivity index (χ4v) is 3.75. The lowest BCUT2D eigenvalue weighted by atomic mass is 10.1. The minimum absolute atomic E-state index is 0.00131. The van der Waals surface area contributed by atoms with Crippen molar-refractivity contribution in [3.05, 3.63) is 69.0 Å². The van der Waals surface area contributed by atoms with Gasteiger partial charge in [0.25, 0.3) is 11.6 Å². The van der Waals surface area contributed by atoms with Crippen molar-refractivity contribution in [2.45, 2.75) is 19.9 Å². The molecule has 27 heavy (non-hydrogen) atoms. The lowest BCUT2D eigenvalue weighted by Crippen LogP contribution is -2.20. The molecule has 0 fully saturated rings. The molecule has 1 amide bonds. The number of non-ortho nitro benzene ring substituents is 1. The number of benzene rings is 2. The van der Waals surface area contributed by atoms with Gasteiger partial charge in [0.15, 0.2) is 4.80 Å². The van der Waals surface area contributed by atoms with Gasteiger partial charge in [0.05, 0.1) is 28.2 Å². The Balaban J connectivity index is 1.86. The number of nitro groups is 1. The number of rotatable bonds is 7. The topological polar surface area (TPSA) is 86.7 Å². The Hall–Kier alpha value is -2.84. The maximum atomic E-state index is 12.4. The molecule has 1 heterocycles. The lowest BCUT2D eigenvalue weighted by Gasteiger charge is -2.05. The van der Waals surface area contributed by atoms with E-state index < -0.39 is 4.92 Å². The molecule has 0 saturated heterocycles. The molecule has 0 unspecified atom stereocenters. The van der Waals surface area contributed by atoms with E-state index >= 15 is 0 Å². The molecule has 2 aromatic carbocycles. The van der Waals surface area contributed by atoms with E-state index in [1.807, 2.05) is 35.8 Å². The van der Waals surface area contributed by atoms with Gasteiger partial charge >= 0.3 is 0 Å². The number of aromatic nitrogens is 1. The average molecular weight is 385 g/mol. The Kier molecular flexibility index (Phi) is 6.10. The predicted octanol–water partition coefficient (Wildman–Crippen LogP) is 3.32. The SMILES string of the molecule is CCOCCn1c(=NC(=O)Cc2ccc([N+](=O)[O-])cc2)sc2ccccc21. The van der Waals surface area contributed by atoms with E-state index in [4.69, 9.17) is 4.74 Å². The zero-order valence-electron chi connectivity index (χ0n) is 14.8. The Labute approximate surface area is 159 Å². The normalized spacial score (nSPS) is 11.8. The van der Waals surface area contributed by atoms with E-state index in [0.717, 1.165) is 10.2 Å². The molecule has 0 aliphatic heterocycles. The van der Waals surface area contributed by atoms with Crippen molar-refractivity contribution in [2.24, 2.45) is 4.99 Å². The lowest BCUT2D eigenvalue weighted by molar-refractivity contribution is -0.384. The van der Waals surface area contributed by atoms with E-state index in [-0.39, 0.29) is 18.0 Å². The van der Waals surface area contributed by atoms with Gasteiger partial charge in [-0.15, -0.1) is 0 Å². The van der Waals surface area contributed by atoms with E-state index in [9.17, 15) is 14.9 Å². The quantitative estimate of drug-likeness (QED) is 0.355. The van der Waals surface area contributed by atoms with Crippen molar-refractivity contribution in [1.29, 1.82) is 0 Å². The molecule has 0 atom stereocenters. The standard InChI is InChI=1S/C19H19N3O4S/c1-2-26-12-11-21-16-5-3-4-6-17(16)27-19(21)20-18(23)13-14-7-9-15(10-8-14)22(24)25/h3-10H,2,11-13H2,1H3. The van der Waals surface area contributed by atoms with Gasteiger partial charge in [0.1, 0.15) is 0 Å². The summed E-state index contributed by atoms with van der Waals surface area (Å²) in [7, 11) is 0. The van der Waals surface area contributed by atoms with Crippen LogP contribution < -0.4 is 4.80 Å². The van der Waals surface area contributed by atoms with Gasteiger partial charge in [0, 0.05) is 25.3 Å². The molecule has 0 aliphatic carbocycles. The molecular formula is C19H19N3O4S. The van der Waals surface area contributed by atoms with Gasteiger partial charge in [-0.05, 0) is 24.6 Å². The highest BCUT2D eigenvalue weighted by Gasteiger charge is 2.09. The predicted molar refractivity (Wildman–Crippen MR) is 104 cm³/mol. The van der Waals surface area contributed by atoms with Crippen molar-refractivity contribution in [3.63, 3.8) is 0 Å². The van der Waals surface area contributed by atoms with Crippen LogP contribution in [0.1, 0.15) is 12.5 Å². The molecular weight excluding hydrogens is 366 g/mol. The summed E-state index contributed by atoms with van der Waals surface area (Å²) >= 11 is 1.46. The number of amides is 1. The number of carbonyl (C=O) groups excluding carboxylic acids is 1. The Morgan fingerprint density at radius 1 is 1.22 bits per heavy atom. The average Bonchev–Trinajstić information content (AvgIpc) is 2.99. The minimum Gasteiger partial charge on any atom is -0.380 e. The van der Waals surface area contributed by atoms with Crippen LogP contribution in [0.15, 0.2) is 53.5 Å². The first kappa shape index (κ1) is 18.9. The van der Waals surface area contributed by atoms with Gasteiger partial charge < -0.3 is 9.30 Å². The van der Waals surface area contributed by atoms with Crippen LogP contribution >= 0.6 is 11.3 Å². The highest BCUT2D eigenvalue weighted by molar-refractivity contribution is 7.16. The van der Waals surface area contributed by atoms with E-state index in [1.165, 1.54) is 23.5 Å². The van der Waals surface area contributed by atoms with Crippen molar-refractivity contribution in [3.8, 4) is 0 Å². The number of fused-ring (bicyclic) bond motifs is 1. The third-order valence-electron chi connectivity index (χ3n) is 3.97. The zero-order valence-corrected chi connectivity index (χ0v) is 15.6. The largest absolute Gasteiger partial charge is 0.380 e. The monoisotopic (exact) mass is 385 g/mol. The molecule has 0 bridgehead atoms. The third-order valence-corrected chi connectivity index (χ3v) is 5.03. The minimum atomic E-state index is -0.464. The molecule has 0 saturated carbocycles. The van der Waals surface area contributed by atoms with Crippen LogP contribution in [0.5, 0.6) is 0 Å². The molecule has 7 nitrogen and oxygen atoms in total. The summed E-state index contributed by atoms with van der Waals surface area (Å²) in [4.78, 5) is 27.6. The third kappa shape index (κ3) is 4.66. The molecule has 0 aliphatic rings. The maximum Gasteiger partial charge on any atom is 0.269 e. The van der Waals surface area contributed by atoms with Gasteiger partial charge in [-0.2, -0.15) is 4.99 Å². The first-order valence-corrected chi connectivity index (χ1v) is 9.37. The fraction of sp³-hybridized carbons (Fsp3) is 0.263. The number of thiazole rings is 1. The second-order valence-electron chi connectivity index (χ2n) is 5.81. The molecule has 3 aromatic rings. The van der Waals surface area contributed by atoms with Gasteiger partial charge in [-0.3, -0.25) is 14.9 Å². The number of hydrogen-bond donors (Lipinski definition) is 0. The number of carbonyl (C=O) groups is 1. The van der Waals surface area contributed by atoms with Crippen LogP contribution in [-0.4, -0.2) is 28.6 Å². The number of nitrogens with zero attached hydrogens (tertiary/aromatic N) is 3. The molecule has 140 valence electrons. The fourth-order valence-electron chi connectivity index (χ4n) is 2.68. The Morgan fingerprint density at radius 3 is 2.67 bits per heavy atom. The summed E-state index contributed by atoms with van der Waals surface area (Å²) in [6, 6.07) is 13.9. The van der Waals surface area contributed by atoms with E-state index in [1.54, 1.807) is 12.1 Å². The molecule has 0 N–H and O–H groups in total. The van der Waals surface area contributed by atoms with Crippen LogP contribution in [0.3, 0.4) is 0 Å². The van der Waals surface area contributed by atoms with E-state index in [2.05, 4.69) is 4.99 Å². The van der Waals surface area contributed by atoms with Crippen molar-refractivity contribution in [1.82, 2.24) is 4.57 Å². The molecule has 8 heteroatoms. The number of hydrogen-bond acceptors (Lipinski definition) is 5. The van der Waals surface area contributed by atoms with Gasteiger partial charge in [0.2, 0.25) is 0 Å². The molecule has 3 rings (SSSR count). The second kappa shape index (κ2) is 8.70. The highest BCUT2D eigenvalue weighted by atomic mass is 32.1. The van der Waals surface area contributed by atoms with Crippen molar-refractivity contribution in [2.75, 3.05) is 13.2 Å². The first-order chi connectivity index (χ1) is 13.1. The zero-order chi connectivity index (χ0) is 19.2. The molecule has 0 radical (unpaired) electrons. The summed E-state index contributed by atoms with van der Waals surface area (Å²) in [5.74, 6) is -0.291. The number of ether oxygens (including phenoxy) is 1. The summed E-state index contributed by atoms with van der Waals surface area (Å²) in [6.07, 6.45) is 0.0949. The Morgan fingerprint density at radius 2 is 1.96 bits per heavy atom. The van der Waals surface area contributed by atoms with Crippen LogP contribution in [0, 0.1) is 10.1 Å². The summed E-state index contributed by atoms with van der Waals surface area (Å²) < 4.78 is 8.49. The smallest absolute Gasteiger partial charge is 0.269 e. The molecule has 1 aromatic heterocycles. The van der Waals surface area contributed by atoms with Crippen molar-refractivity contribution >= 4 is 33.1 Å². The van der Waals surface area contributed by atoms with Gasteiger partial charge in [-0.1, -0.05) is 35.6 Å². The summed E-state index contributed by atoms with van der Waals surface area (Å²) in [5.41, 5.74) is 1.71. The van der Waals surface area contributed by atoms with Gasteiger partial charge in [-0.25, -0.2) is 0 Å². The van der Waals surface area contributed by atoms with Crippen LogP contribution in [0.4, 0.5) is 5.69 Å². The van der Waals surface area contributed by atoms with Crippen molar-refractivity contribution < 1.29 is 14.5 Å². The number of nitro benzene ring substituents is 1. The van der Waals surface area contributed by atoms with Crippen LogP contribution in [-0.2, 0) is 22.5 Å².